The van der Waals surface area contributed by atoms with Crippen molar-refractivity contribution in [3.8, 4) is 0 Å². The molecule has 0 radical (unpaired) electrons. The molecular weight excluding hydrogens is 188 g/mol. The molecule has 0 aliphatic rings. The van der Waals surface area contributed by atoms with E-state index >= 15 is 0 Å². The minimum Gasteiger partial charge on any atom is -0.469 e. The van der Waals surface area contributed by atoms with Gasteiger partial charge < -0.3 is 9.84 Å². The van der Waals surface area contributed by atoms with E-state index in [0.717, 1.165) is 6.08 Å². The summed E-state index contributed by atoms with van der Waals surface area (Å²) in [4.78, 5) is 20.3. The van der Waals surface area contributed by atoms with E-state index in [0.29, 0.717) is 0 Å². The molecule has 6 nitrogen and oxygen atoms in total. The second kappa shape index (κ2) is 3.86. The summed E-state index contributed by atoms with van der Waals surface area (Å²) in [6.45, 7) is 2.80. The molecule has 0 aromatic carbocycles. The minimum absolute atomic E-state index is 0.342. The Hall–Kier alpha value is -1.37. The fourth-order valence-corrected chi connectivity index (χ4v) is 0.642. The van der Waals surface area contributed by atoms with E-state index in [-0.39, 0.29) is 6.61 Å². The lowest BCUT2D eigenvalue weighted by Gasteiger charge is -1.97. The highest BCUT2D eigenvalue weighted by molar-refractivity contribution is 8.18. The molecule has 0 saturated carbocycles. The van der Waals surface area contributed by atoms with Crippen molar-refractivity contribution in [1.82, 2.24) is 0 Å². The Bertz CT molecular complexity index is 300. The fraction of sp³-hybridized carbons (Fsp3) is 0.200. The molecule has 7 heteroatoms. The zero-order valence-electron chi connectivity index (χ0n) is 5.89. The SMILES string of the molecule is C=CCOC(=O)S(=O)(=O)C(=O)O. The molecule has 0 aliphatic carbocycles. The molecule has 0 fully saturated rings. The lowest BCUT2D eigenvalue weighted by molar-refractivity contribution is 0.183. The van der Waals surface area contributed by atoms with Gasteiger partial charge in [-0.25, -0.2) is 18.0 Å². The van der Waals surface area contributed by atoms with Crippen LogP contribution >= 0.6 is 0 Å². The van der Waals surface area contributed by atoms with Gasteiger partial charge in [-0.15, -0.1) is 0 Å². The minimum atomic E-state index is -4.84. The molecule has 0 bridgehead atoms. The maximum absolute atomic E-state index is 10.4. The highest BCUT2D eigenvalue weighted by Gasteiger charge is 2.32. The van der Waals surface area contributed by atoms with Crippen LogP contribution in [-0.2, 0) is 14.6 Å². The molecule has 0 aromatic rings. The first-order valence-corrected chi connectivity index (χ1v) is 4.17. The Morgan fingerprint density at radius 1 is 1.50 bits per heavy atom. The summed E-state index contributed by atoms with van der Waals surface area (Å²) in [5, 5.41) is 3.99. The zero-order chi connectivity index (χ0) is 9.78. The average Bonchev–Trinajstić information content (AvgIpc) is 1.99. The van der Waals surface area contributed by atoms with Crippen molar-refractivity contribution >= 4 is 20.4 Å². The van der Waals surface area contributed by atoms with E-state index in [1.54, 1.807) is 0 Å². The fourth-order valence-electron chi connectivity index (χ4n) is 0.276. The molecule has 1 N–H and O–H groups in total. The third-order valence-corrected chi connectivity index (χ3v) is 1.78. The molecule has 68 valence electrons. The van der Waals surface area contributed by atoms with E-state index in [9.17, 15) is 18.0 Å². The normalized spacial score (nSPS) is 10.3. The third-order valence-electron chi connectivity index (χ3n) is 0.768. The summed E-state index contributed by atoms with van der Waals surface area (Å²) >= 11 is 0. The summed E-state index contributed by atoms with van der Waals surface area (Å²) in [6.07, 6.45) is 1.12. The predicted octanol–water partition coefficient (Wildman–Crippen LogP) is 0.402. The largest absolute Gasteiger partial charge is 0.469 e. The number of rotatable bonds is 2. The lowest BCUT2D eigenvalue weighted by atomic mass is 10.7. The van der Waals surface area contributed by atoms with Crippen LogP contribution in [0.2, 0.25) is 0 Å². The maximum atomic E-state index is 10.4. The molecule has 0 aromatic heterocycles. The first-order chi connectivity index (χ1) is 5.42. The Labute approximate surface area is 68.4 Å². The van der Waals surface area contributed by atoms with Crippen molar-refractivity contribution < 1.29 is 27.9 Å². The highest BCUT2D eigenvalue weighted by atomic mass is 32.2. The van der Waals surface area contributed by atoms with E-state index < -0.39 is 20.4 Å². The lowest BCUT2D eigenvalue weighted by Crippen LogP contribution is -2.23. The Balaban J connectivity index is 4.49. The molecule has 0 saturated heterocycles. The van der Waals surface area contributed by atoms with Gasteiger partial charge in [0.15, 0.2) is 0 Å². The number of hydrogen-bond donors (Lipinski definition) is 1. The Morgan fingerprint density at radius 2 is 2.00 bits per heavy atom. The van der Waals surface area contributed by atoms with E-state index in [1.807, 2.05) is 0 Å². The molecule has 0 heterocycles. The van der Waals surface area contributed by atoms with Crippen molar-refractivity contribution in [2.75, 3.05) is 6.61 Å². The standard InChI is InChI=1S/C5H6O6S/c1-2-3-11-5(8)12(9,10)4(6)7/h2H,1,3H2,(H,6,7). The van der Waals surface area contributed by atoms with Crippen molar-refractivity contribution in [3.63, 3.8) is 0 Å². The molecule has 0 spiro atoms. The van der Waals surface area contributed by atoms with Gasteiger partial charge >= 0.3 is 20.4 Å². The van der Waals surface area contributed by atoms with Crippen LogP contribution < -0.4 is 0 Å². The van der Waals surface area contributed by atoms with Gasteiger partial charge in [0, 0.05) is 0 Å². The third kappa shape index (κ3) is 2.35. The quantitative estimate of drug-likeness (QED) is 0.504. The van der Waals surface area contributed by atoms with E-state index in [4.69, 9.17) is 5.11 Å². The average molecular weight is 194 g/mol. The summed E-state index contributed by atoms with van der Waals surface area (Å²) in [7, 11) is -4.84. The van der Waals surface area contributed by atoms with Crippen LogP contribution in [0.25, 0.3) is 0 Å². The van der Waals surface area contributed by atoms with Gasteiger partial charge in [-0.05, 0) is 0 Å². The van der Waals surface area contributed by atoms with Crippen molar-refractivity contribution in [2.45, 2.75) is 0 Å². The first kappa shape index (κ1) is 10.6. The molecule has 12 heavy (non-hydrogen) atoms. The van der Waals surface area contributed by atoms with Gasteiger partial charge in [-0.2, -0.15) is 0 Å². The number of ether oxygens (including phenoxy) is 1. The number of carbonyl (C=O) groups excluding carboxylic acids is 1. The summed E-state index contributed by atoms with van der Waals surface area (Å²) < 4.78 is 24.8. The van der Waals surface area contributed by atoms with Gasteiger partial charge in [0.05, 0.1) is 0 Å². The van der Waals surface area contributed by atoms with Crippen LogP contribution in [0.1, 0.15) is 0 Å². The van der Waals surface area contributed by atoms with Crippen molar-refractivity contribution in [3.05, 3.63) is 12.7 Å². The number of sulfone groups is 1. The molecule has 0 amide bonds. The van der Waals surface area contributed by atoms with Crippen LogP contribution in [0.4, 0.5) is 9.59 Å². The second-order valence-corrected chi connectivity index (χ2v) is 3.31. The van der Waals surface area contributed by atoms with Crippen LogP contribution in [0, 0.1) is 0 Å². The Kier molecular flexibility index (Phi) is 3.42. The summed E-state index contributed by atoms with van der Waals surface area (Å²) in [6, 6.07) is 0. The smallest absolute Gasteiger partial charge is 0.436 e. The molecule has 0 unspecified atom stereocenters. The van der Waals surface area contributed by atoms with Crippen molar-refractivity contribution in [2.24, 2.45) is 0 Å². The van der Waals surface area contributed by atoms with Crippen LogP contribution in [0.5, 0.6) is 0 Å². The van der Waals surface area contributed by atoms with Crippen LogP contribution in [-0.4, -0.2) is 30.7 Å². The zero-order valence-corrected chi connectivity index (χ0v) is 6.70. The van der Waals surface area contributed by atoms with Crippen LogP contribution in [0.15, 0.2) is 12.7 Å². The Morgan fingerprint density at radius 3 is 2.33 bits per heavy atom. The number of hydrogen-bond acceptors (Lipinski definition) is 5. The van der Waals surface area contributed by atoms with E-state index in [1.165, 1.54) is 0 Å². The second-order valence-electron chi connectivity index (χ2n) is 1.62. The number of carbonyl (C=O) groups is 2. The van der Waals surface area contributed by atoms with Gasteiger partial charge in [0.1, 0.15) is 6.61 Å². The van der Waals surface area contributed by atoms with Gasteiger partial charge in [-0.1, -0.05) is 12.7 Å². The molecule has 0 atom stereocenters. The predicted molar refractivity (Wildman–Crippen MR) is 38.5 cm³/mol. The molecule has 0 rings (SSSR count). The van der Waals surface area contributed by atoms with Crippen LogP contribution in [0.3, 0.4) is 0 Å². The number of carboxylic acid groups (broad SMARTS) is 1. The van der Waals surface area contributed by atoms with Gasteiger partial charge in [-0.3, -0.25) is 0 Å². The topological polar surface area (TPSA) is 97.7 Å². The van der Waals surface area contributed by atoms with Gasteiger partial charge in [0.2, 0.25) is 0 Å². The van der Waals surface area contributed by atoms with E-state index in [2.05, 4.69) is 11.3 Å². The monoisotopic (exact) mass is 194 g/mol. The molecule has 0 aliphatic heterocycles. The highest BCUT2D eigenvalue weighted by Crippen LogP contribution is 1.97. The van der Waals surface area contributed by atoms with Crippen molar-refractivity contribution in [1.29, 1.82) is 0 Å². The molecular formula is C5H6O6S. The maximum Gasteiger partial charge on any atom is 0.436 e. The summed E-state index contributed by atoms with van der Waals surface area (Å²) in [5.74, 6) is 0. The summed E-state index contributed by atoms with van der Waals surface area (Å²) in [5.41, 5.74) is 0. The van der Waals surface area contributed by atoms with Gasteiger partial charge in [0.25, 0.3) is 0 Å². The first-order valence-electron chi connectivity index (χ1n) is 2.68.